The largest absolute Gasteiger partial charge is 0.477 e. The van der Waals surface area contributed by atoms with Crippen molar-refractivity contribution in [1.82, 2.24) is 20.4 Å². The van der Waals surface area contributed by atoms with E-state index < -0.39 is 34.7 Å². The Labute approximate surface area is 206 Å². The fourth-order valence-corrected chi connectivity index (χ4v) is 6.81. The number of carbonyl (C=O) groups excluding carboxylic acids is 2. The minimum absolute atomic E-state index is 0.0311. The molecule has 2 aliphatic heterocycles. The number of nitrogens with one attached hydrogen (secondary N) is 1. The van der Waals surface area contributed by atoms with Gasteiger partial charge in [-0.15, -0.1) is 33.6 Å². The number of carbonyl (C=O) groups is 3. The summed E-state index contributed by atoms with van der Waals surface area (Å²) >= 11 is 10.4. The molecule has 2 unspecified atom stereocenters. The Morgan fingerprint density at radius 2 is 2.15 bits per heavy atom. The van der Waals surface area contributed by atoms with Gasteiger partial charge in [0.15, 0.2) is 4.34 Å². The fourth-order valence-electron chi connectivity index (χ4n) is 3.31. The van der Waals surface area contributed by atoms with Crippen LogP contribution in [0.1, 0.15) is 15.9 Å². The van der Waals surface area contributed by atoms with Crippen molar-refractivity contribution in [3.8, 4) is 0 Å². The number of halogens is 1. The van der Waals surface area contributed by atoms with E-state index in [1.807, 2.05) is 37.3 Å². The summed E-state index contributed by atoms with van der Waals surface area (Å²) in [6, 6.07) is 7.59. The molecule has 0 aliphatic carbocycles. The van der Waals surface area contributed by atoms with Crippen molar-refractivity contribution in [2.24, 2.45) is 4.99 Å². The first-order valence-corrected chi connectivity index (χ1v) is 13.0. The second-order valence-electron chi connectivity index (χ2n) is 7.06. The highest BCUT2D eigenvalue weighted by molar-refractivity contribution is 8.01. The van der Waals surface area contributed by atoms with E-state index in [1.54, 1.807) is 0 Å². The number of fused-ring (bicyclic) bond motifs is 1. The molecule has 3 atom stereocenters. The Hall–Kier alpha value is -2.41. The number of carboxylic acid groups (broad SMARTS) is 1. The molecule has 3 heterocycles. The van der Waals surface area contributed by atoms with E-state index in [9.17, 15) is 19.5 Å². The Kier molecular flexibility index (Phi) is 7.37. The molecule has 0 bridgehead atoms. The summed E-state index contributed by atoms with van der Waals surface area (Å²) in [5.74, 6) is -0.840. The molecule has 2 aliphatic rings. The highest BCUT2D eigenvalue weighted by Crippen LogP contribution is 2.41. The molecule has 2 N–H and O–H groups in total. The van der Waals surface area contributed by atoms with E-state index >= 15 is 0 Å². The number of hydrogen-bond donors (Lipinski definition) is 2. The van der Waals surface area contributed by atoms with Crippen molar-refractivity contribution in [1.29, 1.82) is 0 Å². The molecule has 0 saturated carbocycles. The SMILES string of the molecule is Cc1nnc(SCC2=C(C(=O)O)N3C(=O)C(NC(=O)N=CC(Cl)c4ccccc4)[C@@H]3SC2)s1. The maximum Gasteiger partial charge on any atom is 0.352 e. The topological polar surface area (TPSA) is 125 Å². The molecule has 1 saturated heterocycles. The molecule has 9 nitrogen and oxygen atoms in total. The summed E-state index contributed by atoms with van der Waals surface area (Å²) in [5, 5.41) is 20.0. The number of amides is 3. The van der Waals surface area contributed by atoms with Crippen LogP contribution in [-0.2, 0) is 9.59 Å². The molecule has 0 spiro atoms. The molecule has 1 fully saturated rings. The van der Waals surface area contributed by atoms with Crippen molar-refractivity contribution in [3.05, 3.63) is 52.2 Å². The number of rotatable bonds is 7. The summed E-state index contributed by atoms with van der Waals surface area (Å²) in [5.41, 5.74) is 1.39. The van der Waals surface area contributed by atoms with E-state index in [2.05, 4.69) is 20.5 Å². The molecule has 13 heteroatoms. The third-order valence-electron chi connectivity index (χ3n) is 4.85. The van der Waals surface area contributed by atoms with Crippen LogP contribution in [0, 0.1) is 6.92 Å². The smallest absolute Gasteiger partial charge is 0.352 e. The Balaban J connectivity index is 1.39. The number of benzene rings is 1. The van der Waals surface area contributed by atoms with E-state index in [-0.39, 0.29) is 5.70 Å². The van der Waals surface area contributed by atoms with E-state index in [1.165, 1.54) is 46.0 Å². The predicted octanol–water partition coefficient (Wildman–Crippen LogP) is 3.32. The van der Waals surface area contributed by atoms with E-state index in [4.69, 9.17) is 11.6 Å². The van der Waals surface area contributed by atoms with Crippen LogP contribution in [0.15, 0.2) is 50.9 Å². The fraction of sp³-hybridized carbons (Fsp3) is 0.300. The number of aliphatic carboxylic acids is 1. The summed E-state index contributed by atoms with van der Waals surface area (Å²) in [6.45, 7) is 1.84. The van der Waals surface area contributed by atoms with Crippen LogP contribution in [0.4, 0.5) is 4.79 Å². The second kappa shape index (κ2) is 10.2. The number of hydrogen-bond acceptors (Lipinski definition) is 8. The van der Waals surface area contributed by atoms with Gasteiger partial charge in [0.1, 0.15) is 22.1 Å². The zero-order valence-electron chi connectivity index (χ0n) is 17.2. The second-order valence-corrected chi connectivity index (χ2v) is 11.0. The average molecular weight is 524 g/mol. The highest BCUT2D eigenvalue weighted by Gasteiger charge is 2.54. The van der Waals surface area contributed by atoms with Gasteiger partial charge in [0.05, 0.1) is 5.38 Å². The maximum absolute atomic E-state index is 12.7. The van der Waals surface area contributed by atoms with Crippen LogP contribution in [0.25, 0.3) is 0 Å². The Morgan fingerprint density at radius 1 is 1.39 bits per heavy atom. The summed E-state index contributed by atoms with van der Waals surface area (Å²) < 4.78 is 0.739. The number of aryl methyl sites for hydroxylation is 1. The summed E-state index contributed by atoms with van der Waals surface area (Å²) in [7, 11) is 0. The molecule has 0 radical (unpaired) electrons. The average Bonchev–Trinajstić information content (AvgIpc) is 3.24. The monoisotopic (exact) mass is 523 g/mol. The number of aliphatic imine (C=N–C) groups is 1. The van der Waals surface area contributed by atoms with Gasteiger partial charge in [-0.2, -0.15) is 0 Å². The lowest BCUT2D eigenvalue weighted by Crippen LogP contribution is -2.70. The standard InChI is InChI=1S/C20H18ClN5O4S3/c1-10-24-25-20(33-10)32-9-12-8-31-17-14(16(27)26(17)15(12)18(28)29)23-19(30)22-7-13(21)11-5-3-2-4-6-11/h2-7,13-14,17H,8-9H2,1H3,(H,23,30)(H,28,29)/t13?,14?,17-/m0/s1. The van der Waals surface area contributed by atoms with Crippen LogP contribution in [0.2, 0.25) is 0 Å². The third kappa shape index (κ3) is 5.24. The van der Waals surface area contributed by atoms with Gasteiger partial charge in [-0.3, -0.25) is 9.69 Å². The highest BCUT2D eigenvalue weighted by atomic mass is 35.5. The number of alkyl halides is 1. The number of thioether (sulfide) groups is 2. The minimum Gasteiger partial charge on any atom is -0.477 e. The molecule has 3 amide bonds. The van der Waals surface area contributed by atoms with Gasteiger partial charge in [-0.05, 0) is 18.1 Å². The number of nitrogens with zero attached hydrogens (tertiary/aromatic N) is 4. The van der Waals surface area contributed by atoms with Gasteiger partial charge in [0.2, 0.25) is 0 Å². The first-order chi connectivity index (χ1) is 15.8. The van der Waals surface area contributed by atoms with Gasteiger partial charge >= 0.3 is 12.0 Å². The Bertz CT molecular complexity index is 1140. The molecule has 2 aromatic rings. The van der Waals surface area contributed by atoms with E-state index in [0.29, 0.717) is 17.1 Å². The summed E-state index contributed by atoms with van der Waals surface area (Å²) in [6.07, 6.45) is 1.30. The zero-order valence-corrected chi connectivity index (χ0v) is 20.4. The van der Waals surface area contributed by atoms with Crippen molar-refractivity contribution in [2.45, 2.75) is 28.1 Å². The van der Waals surface area contributed by atoms with E-state index in [0.717, 1.165) is 14.9 Å². The van der Waals surface area contributed by atoms with Crippen LogP contribution in [0.3, 0.4) is 0 Å². The maximum atomic E-state index is 12.7. The van der Waals surface area contributed by atoms with Gasteiger partial charge in [-0.1, -0.05) is 53.4 Å². The van der Waals surface area contributed by atoms with Crippen molar-refractivity contribution >= 4 is 70.6 Å². The molecule has 4 rings (SSSR count). The van der Waals surface area contributed by atoms with Gasteiger partial charge in [0, 0.05) is 17.7 Å². The number of β-lactam (4-membered cyclic amide) rings is 1. The first-order valence-electron chi connectivity index (χ1n) is 9.71. The number of aromatic nitrogens is 2. The molecule has 1 aromatic carbocycles. The Morgan fingerprint density at radius 3 is 2.82 bits per heavy atom. The molecule has 172 valence electrons. The quantitative estimate of drug-likeness (QED) is 0.245. The molecular formula is C20H18ClN5O4S3. The van der Waals surface area contributed by atoms with Gasteiger partial charge in [0.25, 0.3) is 5.91 Å². The third-order valence-corrected chi connectivity index (χ3v) is 8.61. The summed E-state index contributed by atoms with van der Waals surface area (Å²) in [4.78, 5) is 41.9. The normalized spacial score (nSPS) is 21.0. The lowest BCUT2D eigenvalue weighted by Gasteiger charge is -2.49. The lowest BCUT2D eigenvalue weighted by molar-refractivity contribution is -0.148. The zero-order chi connectivity index (χ0) is 23.5. The van der Waals surface area contributed by atoms with Crippen molar-refractivity contribution < 1.29 is 19.5 Å². The van der Waals surface area contributed by atoms with Crippen LogP contribution in [0.5, 0.6) is 0 Å². The van der Waals surface area contributed by atoms with Gasteiger partial charge < -0.3 is 10.4 Å². The van der Waals surface area contributed by atoms with Crippen molar-refractivity contribution in [2.75, 3.05) is 11.5 Å². The van der Waals surface area contributed by atoms with Crippen LogP contribution < -0.4 is 5.32 Å². The number of urea groups is 1. The molecule has 1 aromatic heterocycles. The first kappa shape index (κ1) is 23.7. The molecule has 33 heavy (non-hydrogen) atoms. The lowest BCUT2D eigenvalue weighted by atomic mass is 10.0. The molecular weight excluding hydrogens is 506 g/mol. The van der Waals surface area contributed by atoms with Crippen LogP contribution in [-0.4, -0.2) is 67.2 Å². The van der Waals surface area contributed by atoms with Crippen molar-refractivity contribution in [3.63, 3.8) is 0 Å². The van der Waals surface area contributed by atoms with Crippen LogP contribution >= 0.6 is 46.5 Å². The minimum atomic E-state index is -1.17. The predicted molar refractivity (Wildman–Crippen MR) is 129 cm³/mol. The number of carboxylic acids is 1. The van der Waals surface area contributed by atoms with Gasteiger partial charge in [-0.25, -0.2) is 14.6 Å².